The van der Waals surface area contributed by atoms with Gasteiger partial charge >= 0.3 is 12.1 Å². The van der Waals surface area contributed by atoms with Gasteiger partial charge in [0, 0.05) is 44.7 Å². The molecule has 2 N–H and O–H groups in total. The van der Waals surface area contributed by atoms with Crippen LogP contribution in [-0.4, -0.2) is 70.4 Å². The molecule has 3 aromatic carbocycles. The van der Waals surface area contributed by atoms with E-state index in [2.05, 4.69) is 51.3 Å². The summed E-state index contributed by atoms with van der Waals surface area (Å²) in [4.78, 5) is 52.6. The lowest BCUT2D eigenvalue weighted by molar-refractivity contribution is -0.153. The number of fused-ring (bicyclic) bond motifs is 5. The number of methoxy groups -OCH3 is 2. The van der Waals surface area contributed by atoms with E-state index in [9.17, 15) is 19.2 Å². The molecule has 11 heteroatoms. The highest BCUT2D eigenvalue weighted by Crippen LogP contribution is 2.67. The van der Waals surface area contributed by atoms with Gasteiger partial charge < -0.3 is 34.3 Å². The van der Waals surface area contributed by atoms with Gasteiger partial charge in [0.15, 0.2) is 0 Å². The zero-order chi connectivity index (χ0) is 54.7. The molecular formula is C66H92N2O9. The second kappa shape index (κ2) is 26.2. The van der Waals surface area contributed by atoms with Crippen molar-refractivity contribution in [3.63, 3.8) is 0 Å². The first kappa shape index (κ1) is 58.0. The molecule has 0 bridgehead atoms. The second-order valence-corrected chi connectivity index (χ2v) is 24.7. The SMILES string of the molecule is CNC(=O)CCC(=O)OC1CC(C(=O)CCCCCNC(=O)OC2CC[C@@]3(C)C(=CCC4C3CC[C@@]3(C)C4CC[C@@H]3C(C)CCCC(C)C)C2)CC1COC(c1ccccc1)(c1ccc(OC)cc1)c1ccc(OC)cc1. The lowest BCUT2D eigenvalue weighted by Gasteiger charge is -2.58. The molecule has 8 unspecified atom stereocenters. The lowest BCUT2D eigenvalue weighted by Crippen LogP contribution is -2.51. The molecule has 4 fully saturated rings. The average molecular weight is 1060 g/mol. The number of esters is 1. The van der Waals surface area contributed by atoms with Gasteiger partial charge in [0.25, 0.3) is 0 Å². The van der Waals surface area contributed by atoms with Gasteiger partial charge in [0.2, 0.25) is 5.91 Å². The van der Waals surface area contributed by atoms with Crippen LogP contribution in [0.15, 0.2) is 90.5 Å². The van der Waals surface area contributed by atoms with Crippen LogP contribution in [-0.2, 0) is 34.2 Å². The summed E-state index contributed by atoms with van der Waals surface area (Å²) in [5, 5.41) is 5.59. The molecule has 8 rings (SSSR count). The van der Waals surface area contributed by atoms with Crippen LogP contribution in [0.5, 0.6) is 11.5 Å². The molecule has 4 saturated carbocycles. The first-order chi connectivity index (χ1) is 37.1. The van der Waals surface area contributed by atoms with E-state index >= 15 is 0 Å². The maximum Gasteiger partial charge on any atom is 0.407 e. The van der Waals surface area contributed by atoms with Gasteiger partial charge in [-0.15, -0.1) is 0 Å². The number of unbranched alkanes of at least 4 members (excludes halogenated alkanes) is 2. The van der Waals surface area contributed by atoms with Crippen molar-refractivity contribution in [1.82, 2.24) is 10.6 Å². The average Bonchev–Trinajstić information content (AvgIpc) is 4.04. The Morgan fingerprint density at radius 2 is 1.40 bits per heavy atom. The fourth-order valence-corrected chi connectivity index (χ4v) is 15.5. The molecule has 3 aromatic rings. The third-order valence-electron chi connectivity index (χ3n) is 19.8. The number of ketones is 1. The lowest BCUT2D eigenvalue weighted by atomic mass is 9.47. The summed E-state index contributed by atoms with van der Waals surface area (Å²) >= 11 is 0. The molecule has 0 saturated heterocycles. The second-order valence-electron chi connectivity index (χ2n) is 24.7. The predicted octanol–water partition coefficient (Wildman–Crippen LogP) is 13.7. The van der Waals surface area contributed by atoms with E-state index in [1.165, 1.54) is 56.9 Å². The third-order valence-corrected chi connectivity index (χ3v) is 19.8. The molecule has 420 valence electrons. The number of rotatable bonds is 25. The largest absolute Gasteiger partial charge is 0.497 e. The van der Waals surface area contributed by atoms with Crippen LogP contribution in [0.3, 0.4) is 0 Å². The van der Waals surface area contributed by atoms with Crippen LogP contribution in [0, 0.1) is 58.2 Å². The van der Waals surface area contributed by atoms with Crippen molar-refractivity contribution in [2.75, 3.05) is 34.4 Å². The molecule has 5 aliphatic rings. The summed E-state index contributed by atoms with van der Waals surface area (Å²) in [5.74, 6) is 5.01. The zero-order valence-electron chi connectivity index (χ0n) is 47.9. The smallest absolute Gasteiger partial charge is 0.407 e. The fourth-order valence-electron chi connectivity index (χ4n) is 15.5. The van der Waals surface area contributed by atoms with Crippen molar-refractivity contribution in [2.45, 2.75) is 174 Å². The Bertz CT molecular complexity index is 2410. The third kappa shape index (κ3) is 13.3. The Balaban J connectivity index is 0.831. The summed E-state index contributed by atoms with van der Waals surface area (Å²) in [6, 6.07) is 25.7. The molecule has 0 radical (unpaired) electrons. The molecular weight excluding hydrogens is 965 g/mol. The number of alkyl carbamates (subject to hydrolysis) is 1. The van der Waals surface area contributed by atoms with E-state index in [1.54, 1.807) is 21.3 Å². The van der Waals surface area contributed by atoms with E-state index in [0.717, 1.165) is 84.3 Å². The van der Waals surface area contributed by atoms with Crippen molar-refractivity contribution in [1.29, 1.82) is 0 Å². The summed E-state index contributed by atoms with van der Waals surface area (Å²) in [6.07, 6.45) is 18.6. The van der Waals surface area contributed by atoms with Crippen molar-refractivity contribution >= 4 is 23.8 Å². The van der Waals surface area contributed by atoms with Crippen molar-refractivity contribution < 1.29 is 42.9 Å². The van der Waals surface area contributed by atoms with Gasteiger partial charge in [-0.25, -0.2) is 4.79 Å². The standard InChI is InChI=1S/C66H92N2O9/c1-44(2)16-15-17-45(3)56-31-32-57-55-30-25-51-42-54(35-37-64(51,4)58(55)36-38-65(56,57)5)76-63(72)68-39-14-10-13-20-59(69)46-40-47(60(41-46)77-62(71)34-33-61(70)67-6)43-75-66(48-18-11-9-12-19-48,49-21-26-52(73-7)27-22-49)50-23-28-53(74-8)29-24-50/h9,11-12,18-19,21-29,44-47,54-58,60H,10,13-17,20,30-43H2,1-8H3,(H,67,70)(H,68,72)/t45?,46?,47?,54?,55?,56-,57?,58?,60?,64+,65-/m1/s1. The minimum Gasteiger partial charge on any atom is -0.497 e. The molecule has 0 aliphatic heterocycles. The quantitative estimate of drug-likeness (QED) is 0.0367. The van der Waals surface area contributed by atoms with Crippen LogP contribution in [0.4, 0.5) is 4.79 Å². The summed E-state index contributed by atoms with van der Waals surface area (Å²) in [5.41, 5.74) is 3.77. The molecule has 11 nitrogen and oxygen atoms in total. The topological polar surface area (TPSA) is 138 Å². The summed E-state index contributed by atoms with van der Waals surface area (Å²) in [6.45, 7) is 13.1. The van der Waals surface area contributed by atoms with E-state index in [4.69, 9.17) is 23.7 Å². The van der Waals surface area contributed by atoms with Gasteiger partial charge in [0.1, 0.15) is 35.1 Å². The van der Waals surface area contributed by atoms with Crippen LogP contribution in [0.2, 0.25) is 0 Å². The molecule has 11 atom stereocenters. The van der Waals surface area contributed by atoms with E-state index < -0.39 is 17.7 Å². The number of nitrogens with one attached hydrogen (secondary N) is 2. The Labute approximate surface area is 461 Å². The Morgan fingerprint density at radius 3 is 2.06 bits per heavy atom. The first-order valence-corrected chi connectivity index (χ1v) is 29.7. The van der Waals surface area contributed by atoms with Crippen molar-refractivity contribution in [3.8, 4) is 11.5 Å². The maximum absolute atomic E-state index is 14.0. The van der Waals surface area contributed by atoms with E-state index in [1.807, 2.05) is 78.9 Å². The Morgan fingerprint density at radius 1 is 0.714 bits per heavy atom. The van der Waals surface area contributed by atoms with Gasteiger partial charge in [-0.2, -0.15) is 0 Å². The van der Waals surface area contributed by atoms with Crippen LogP contribution < -0.4 is 20.1 Å². The van der Waals surface area contributed by atoms with Gasteiger partial charge in [-0.3, -0.25) is 14.4 Å². The normalized spacial score (nSPS) is 28.0. The predicted molar refractivity (Wildman–Crippen MR) is 302 cm³/mol. The summed E-state index contributed by atoms with van der Waals surface area (Å²) in [7, 11) is 4.81. The Hall–Kier alpha value is -5.16. The summed E-state index contributed by atoms with van der Waals surface area (Å²) < 4.78 is 30.6. The van der Waals surface area contributed by atoms with Crippen molar-refractivity contribution in [2.24, 2.45) is 58.2 Å². The molecule has 5 aliphatic carbocycles. The van der Waals surface area contributed by atoms with Gasteiger partial charge in [0.05, 0.1) is 27.2 Å². The van der Waals surface area contributed by atoms with E-state index in [0.29, 0.717) is 49.1 Å². The highest BCUT2D eigenvalue weighted by Gasteiger charge is 2.59. The van der Waals surface area contributed by atoms with Crippen molar-refractivity contribution in [3.05, 3.63) is 107 Å². The first-order valence-electron chi connectivity index (χ1n) is 29.7. The number of allylic oxidation sites excluding steroid dienone is 1. The van der Waals surface area contributed by atoms with Gasteiger partial charge in [-0.05, 0) is 158 Å². The van der Waals surface area contributed by atoms with Crippen LogP contribution in [0.1, 0.15) is 173 Å². The molecule has 0 spiro atoms. The number of carbonyl (C=O) groups excluding carboxylic acids is 4. The van der Waals surface area contributed by atoms with Crippen LogP contribution in [0.25, 0.3) is 0 Å². The number of hydrogen-bond donors (Lipinski definition) is 2. The zero-order valence-corrected chi connectivity index (χ0v) is 47.9. The number of ether oxygens (including phenoxy) is 5. The molecule has 0 aromatic heterocycles. The molecule has 77 heavy (non-hydrogen) atoms. The number of amides is 2. The maximum atomic E-state index is 14.0. The number of Topliss-reactive ketones (excluding diaryl/α,β-unsaturated/α-hetero) is 1. The molecule has 2 amide bonds. The fraction of sp³-hybridized carbons (Fsp3) is 0.636. The Kier molecular flexibility index (Phi) is 19.7. The van der Waals surface area contributed by atoms with Gasteiger partial charge in [-0.1, -0.05) is 127 Å². The highest BCUT2D eigenvalue weighted by molar-refractivity contribution is 5.82. The number of hydrogen-bond acceptors (Lipinski definition) is 9. The van der Waals surface area contributed by atoms with E-state index in [-0.39, 0.29) is 60.6 Å². The highest BCUT2D eigenvalue weighted by atomic mass is 16.6. The monoisotopic (exact) mass is 1060 g/mol. The number of carbonyl (C=O) groups is 4. The van der Waals surface area contributed by atoms with Crippen LogP contribution >= 0.6 is 0 Å². The molecule has 0 heterocycles. The number of benzene rings is 3. The minimum absolute atomic E-state index is 0.0161. The minimum atomic E-state index is -1.09.